The topological polar surface area (TPSA) is 154 Å². The molecule has 2 aromatic carbocycles. The van der Waals surface area contributed by atoms with E-state index in [1.54, 1.807) is 14.0 Å². The Hall–Kier alpha value is -3.54. The van der Waals surface area contributed by atoms with Gasteiger partial charge in [0, 0.05) is 12.7 Å². The van der Waals surface area contributed by atoms with E-state index in [0.29, 0.717) is 12.8 Å². The molecule has 0 aliphatic rings. The molecule has 1 unspecified atom stereocenters. The summed E-state index contributed by atoms with van der Waals surface area (Å²) >= 11 is 3.92. The van der Waals surface area contributed by atoms with Crippen molar-refractivity contribution in [3.63, 3.8) is 0 Å². The highest BCUT2D eigenvalue weighted by atomic mass is 32.1. The first-order valence-electron chi connectivity index (χ1n) is 10.7. The van der Waals surface area contributed by atoms with Crippen LogP contribution < -0.4 is 10.1 Å². The largest absolute Gasteiger partial charge is 0.497 e. The number of carboxylic acids is 1. The molecule has 2 rings (SSSR count). The van der Waals surface area contributed by atoms with Gasteiger partial charge >= 0.3 is 11.9 Å². The van der Waals surface area contributed by atoms with Crippen molar-refractivity contribution in [1.82, 2.24) is 5.32 Å². The van der Waals surface area contributed by atoms with Crippen LogP contribution in [0.2, 0.25) is 0 Å². The Morgan fingerprint density at radius 2 is 1.74 bits per heavy atom. The van der Waals surface area contributed by atoms with Crippen molar-refractivity contribution < 1.29 is 38.9 Å². The normalized spacial score (nSPS) is 11.9. The minimum atomic E-state index is -0.875. The molecule has 0 saturated heterocycles. The lowest BCUT2D eigenvalue weighted by atomic mass is 9.98. The van der Waals surface area contributed by atoms with Crippen LogP contribution in [0.15, 0.2) is 36.4 Å². The van der Waals surface area contributed by atoms with Gasteiger partial charge in [0.25, 0.3) is 5.09 Å². The maximum atomic E-state index is 11.4. The number of esters is 1. The summed E-state index contributed by atoms with van der Waals surface area (Å²) in [7, 11) is 1.63. The number of carboxylic acid groups (broad SMARTS) is 1. The number of benzene rings is 2. The van der Waals surface area contributed by atoms with E-state index >= 15 is 0 Å². The van der Waals surface area contributed by atoms with Crippen LogP contribution in [0, 0.1) is 10.1 Å². The molecule has 1 amide bonds. The van der Waals surface area contributed by atoms with Gasteiger partial charge in [0.1, 0.15) is 11.8 Å². The van der Waals surface area contributed by atoms with E-state index in [9.17, 15) is 24.5 Å². The van der Waals surface area contributed by atoms with Crippen LogP contribution in [0.25, 0.3) is 10.8 Å². The molecule has 0 radical (unpaired) electrons. The molecule has 0 saturated carbocycles. The molecule has 0 aliphatic heterocycles. The van der Waals surface area contributed by atoms with Crippen LogP contribution in [-0.2, 0) is 24.0 Å². The van der Waals surface area contributed by atoms with Crippen molar-refractivity contribution in [2.45, 2.75) is 38.6 Å². The molecule has 2 N–H and O–H groups in total. The maximum absolute atomic E-state index is 11.4. The van der Waals surface area contributed by atoms with Gasteiger partial charge in [0.15, 0.2) is 0 Å². The standard InChI is InChI=1S/C14H14O3.C9H16N2O6S/c1-9(14(15)16)10-3-4-12-8-13(17-2)6-5-11(12)7-10;1-7(12)10-8(6-18)9(13)16-4-2-3-5-17-11(14)15/h3-9H,1-2H3,(H,15,16);8,18H,2-6H2,1H3,(H,10,12)/t;8-/m.1/s1. The molecule has 0 aliphatic carbocycles. The summed E-state index contributed by atoms with van der Waals surface area (Å²) in [6.45, 7) is 3.06. The molecule has 12 heteroatoms. The van der Waals surface area contributed by atoms with Crippen LogP contribution in [0.5, 0.6) is 5.75 Å². The van der Waals surface area contributed by atoms with Gasteiger partial charge in [-0.05, 0) is 48.2 Å². The van der Waals surface area contributed by atoms with Crippen molar-refractivity contribution in [3.8, 4) is 5.75 Å². The minimum absolute atomic E-state index is 0.0355. The third-order valence-corrected chi connectivity index (χ3v) is 5.13. The van der Waals surface area contributed by atoms with E-state index in [1.165, 1.54) is 6.92 Å². The Balaban J connectivity index is 0.000000350. The zero-order chi connectivity index (χ0) is 26.4. The van der Waals surface area contributed by atoms with E-state index in [-0.39, 0.29) is 24.9 Å². The summed E-state index contributed by atoms with van der Waals surface area (Å²) in [6, 6.07) is 10.6. The van der Waals surface area contributed by atoms with Crippen molar-refractivity contribution in [3.05, 3.63) is 52.1 Å². The van der Waals surface area contributed by atoms with Gasteiger partial charge < -0.3 is 24.7 Å². The van der Waals surface area contributed by atoms with Crippen LogP contribution in [0.3, 0.4) is 0 Å². The van der Waals surface area contributed by atoms with Gasteiger partial charge in [-0.1, -0.05) is 24.3 Å². The monoisotopic (exact) mass is 510 g/mol. The van der Waals surface area contributed by atoms with Gasteiger partial charge in [-0.25, -0.2) is 4.79 Å². The SMILES string of the molecule is CC(=O)N[C@H](CS)C(=O)OCCCCO[N+](=O)[O-].COc1ccc2cc(C(C)C(=O)O)ccc2c1. The number of ether oxygens (including phenoxy) is 2. The predicted octanol–water partition coefficient (Wildman–Crippen LogP) is 2.99. The lowest BCUT2D eigenvalue weighted by molar-refractivity contribution is -0.757. The van der Waals surface area contributed by atoms with E-state index < -0.39 is 29.0 Å². The third kappa shape index (κ3) is 11.0. The molecule has 192 valence electrons. The number of fused-ring (bicyclic) bond motifs is 1. The van der Waals surface area contributed by atoms with Gasteiger partial charge in [0.2, 0.25) is 5.91 Å². The van der Waals surface area contributed by atoms with Crippen LogP contribution in [0.1, 0.15) is 38.2 Å². The number of thiol groups is 1. The number of carbonyl (C=O) groups excluding carboxylic acids is 2. The summed E-state index contributed by atoms with van der Waals surface area (Å²) < 4.78 is 10.0. The van der Waals surface area contributed by atoms with Crippen molar-refractivity contribution >= 4 is 41.2 Å². The zero-order valence-corrected chi connectivity index (χ0v) is 20.7. The summed E-state index contributed by atoms with van der Waals surface area (Å²) in [5, 5.41) is 22.4. The number of nitrogens with zero attached hydrogens (tertiary/aromatic N) is 1. The maximum Gasteiger partial charge on any atom is 0.329 e. The number of carbonyl (C=O) groups is 3. The minimum Gasteiger partial charge on any atom is -0.497 e. The lowest BCUT2D eigenvalue weighted by Gasteiger charge is -2.14. The molecule has 0 heterocycles. The number of nitrogens with one attached hydrogen (secondary N) is 1. The fourth-order valence-electron chi connectivity index (χ4n) is 2.82. The van der Waals surface area contributed by atoms with Crippen LogP contribution >= 0.6 is 12.6 Å². The second-order valence-corrected chi connectivity index (χ2v) is 7.76. The molecule has 0 spiro atoms. The van der Waals surface area contributed by atoms with Crippen molar-refractivity contribution in [2.75, 3.05) is 26.1 Å². The number of rotatable bonds is 12. The molecule has 2 atom stereocenters. The number of hydrogen-bond donors (Lipinski definition) is 3. The quantitative estimate of drug-likeness (QED) is 0.128. The number of hydrogen-bond acceptors (Lipinski definition) is 9. The molecule has 2 aromatic rings. The fourth-order valence-corrected chi connectivity index (χ4v) is 3.06. The summed E-state index contributed by atoms with van der Waals surface area (Å²) in [4.78, 5) is 47.0. The highest BCUT2D eigenvalue weighted by Gasteiger charge is 2.18. The number of amides is 1. The zero-order valence-electron chi connectivity index (χ0n) is 19.8. The predicted molar refractivity (Wildman–Crippen MR) is 131 cm³/mol. The first-order chi connectivity index (χ1) is 16.6. The van der Waals surface area contributed by atoms with E-state index in [0.717, 1.165) is 22.1 Å². The fraction of sp³-hybridized carbons (Fsp3) is 0.435. The molecule has 0 bridgehead atoms. The average molecular weight is 511 g/mol. The summed E-state index contributed by atoms with van der Waals surface area (Å²) in [5.41, 5.74) is 0.815. The van der Waals surface area contributed by atoms with Crippen molar-refractivity contribution in [1.29, 1.82) is 0 Å². The summed E-state index contributed by atoms with van der Waals surface area (Å²) in [5.74, 6) is -1.26. The average Bonchev–Trinajstić information content (AvgIpc) is 2.83. The summed E-state index contributed by atoms with van der Waals surface area (Å²) in [6.07, 6.45) is 0.846. The number of methoxy groups -OCH3 is 1. The van der Waals surface area contributed by atoms with Gasteiger partial charge in [0.05, 0.1) is 26.2 Å². The molecule has 0 fully saturated rings. The second kappa shape index (κ2) is 15.4. The number of aliphatic carboxylic acids is 1. The highest BCUT2D eigenvalue weighted by Crippen LogP contribution is 2.25. The Bertz CT molecular complexity index is 1020. The Morgan fingerprint density at radius 3 is 2.31 bits per heavy atom. The highest BCUT2D eigenvalue weighted by molar-refractivity contribution is 7.80. The molecule has 35 heavy (non-hydrogen) atoms. The smallest absolute Gasteiger partial charge is 0.329 e. The van der Waals surface area contributed by atoms with Crippen LogP contribution in [0.4, 0.5) is 0 Å². The third-order valence-electron chi connectivity index (χ3n) is 4.77. The second-order valence-electron chi connectivity index (χ2n) is 7.40. The lowest BCUT2D eigenvalue weighted by Crippen LogP contribution is -2.42. The first-order valence-corrected chi connectivity index (χ1v) is 11.3. The first kappa shape index (κ1) is 29.5. The Kier molecular flexibility index (Phi) is 13.0. The Labute approximate surface area is 208 Å². The van der Waals surface area contributed by atoms with E-state index in [1.807, 2.05) is 36.4 Å². The van der Waals surface area contributed by atoms with Crippen molar-refractivity contribution in [2.24, 2.45) is 0 Å². The van der Waals surface area contributed by atoms with Gasteiger partial charge in [-0.3, -0.25) is 9.59 Å². The van der Waals surface area contributed by atoms with E-state index in [2.05, 4.69) is 22.8 Å². The number of unbranched alkanes of at least 4 members (excludes halogenated alkanes) is 1. The molecule has 11 nitrogen and oxygen atoms in total. The van der Waals surface area contributed by atoms with E-state index in [4.69, 9.17) is 14.6 Å². The molecule has 0 aromatic heterocycles. The molecular formula is C23H30N2O9S. The molecular weight excluding hydrogens is 480 g/mol. The van der Waals surface area contributed by atoms with Gasteiger partial charge in [-0.2, -0.15) is 12.6 Å². The Morgan fingerprint density at radius 1 is 1.11 bits per heavy atom. The van der Waals surface area contributed by atoms with Gasteiger partial charge in [-0.15, -0.1) is 10.1 Å². The van der Waals surface area contributed by atoms with Crippen LogP contribution in [-0.4, -0.2) is 60.2 Å².